The molecule has 0 N–H and O–H groups in total. The minimum atomic E-state index is 0.226. The normalized spacial score (nSPS) is 17.3. The van der Waals surface area contributed by atoms with Crippen molar-refractivity contribution in [1.29, 1.82) is 0 Å². The second-order valence-electron chi connectivity index (χ2n) is 17.0. The van der Waals surface area contributed by atoms with Crippen molar-refractivity contribution in [3.63, 3.8) is 0 Å². The van der Waals surface area contributed by atoms with Crippen LogP contribution in [0.2, 0.25) is 0 Å². The van der Waals surface area contributed by atoms with Crippen molar-refractivity contribution >= 4 is 0 Å². The molecule has 0 aliphatic rings. The van der Waals surface area contributed by atoms with E-state index in [-0.39, 0.29) is 6.10 Å². The van der Waals surface area contributed by atoms with Crippen molar-refractivity contribution in [2.24, 2.45) is 41.4 Å². The minimum absolute atomic E-state index is 0.226. The molecule has 278 valence electrons. The first kappa shape index (κ1) is 45.9. The van der Waals surface area contributed by atoms with Crippen LogP contribution in [-0.4, -0.2) is 25.9 Å². The highest BCUT2D eigenvalue weighted by Gasteiger charge is 2.12. The molecule has 2 heteroatoms. The van der Waals surface area contributed by atoms with Gasteiger partial charge in [-0.1, -0.05) is 197 Å². The van der Waals surface area contributed by atoms with Gasteiger partial charge in [0.25, 0.3) is 0 Å². The van der Waals surface area contributed by atoms with Gasteiger partial charge in [0.2, 0.25) is 0 Å². The first-order chi connectivity index (χ1) is 22.1. The Balaban J connectivity index is 3.70. The Morgan fingerprint density at radius 3 is 1.00 bits per heavy atom. The lowest BCUT2D eigenvalue weighted by Gasteiger charge is -2.18. The van der Waals surface area contributed by atoms with E-state index in [0.29, 0.717) is 0 Å². The highest BCUT2D eigenvalue weighted by Crippen LogP contribution is 2.26. The molecule has 0 heterocycles. The molecule has 0 bridgehead atoms. The largest absolute Gasteiger partial charge is 0.379 e. The van der Waals surface area contributed by atoms with E-state index in [1.807, 2.05) is 0 Å². The monoisotopic (exact) mass is 651 g/mol. The summed E-state index contributed by atoms with van der Waals surface area (Å²) in [5, 5.41) is 0. The number of rotatable bonds is 35. The summed E-state index contributed by atoms with van der Waals surface area (Å²) >= 11 is 0. The van der Waals surface area contributed by atoms with Crippen LogP contribution in [0.25, 0.3) is 0 Å². The zero-order chi connectivity index (χ0) is 34.4. The summed E-state index contributed by atoms with van der Waals surface area (Å²) in [6, 6.07) is 0. The molecule has 0 amide bonds. The average molecular weight is 651 g/mol. The predicted octanol–water partition coefficient (Wildman–Crippen LogP) is 14.9. The standard InChI is InChI=1S/C44H90O2/c1-11-13-14-20-37(3)21-15-22-38(4)25-17-28-41(7)31-32-42(8)29-18-26-39(5)23-16-24-40(6)27-19-30-43(9)33-35-45-36-44(10)46-34-12-2/h37-44H,11-36H2,1-10H3. The Hall–Kier alpha value is -0.0800. The summed E-state index contributed by atoms with van der Waals surface area (Å²) in [6.07, 6.45) is 32.5. The Kier molecular flexibility index (Phi) is 32.1. The molecule has 0 spiro atoms. The van der Waals surface area contributed by atoms with Crippen LogP contribution in [0, 0.1) is 41.4 Å². The third-order valence-electron chi connectivity index (χ3n) is 11.1. The maximum atomic E-state index is 5.85. The fourth-order valence-electron chi connectivity index (χ4n) is 7.30. The summed E-state index contributed by atoms with van der Waals surface area (Å²) in [7, 11) is 0. The Morgan fingerprint density at radius 1 is 0.326 bits per heavy atom. The van der Waals surface area contributed by atoms with E-state index in [0.717, 1.165) is 67.7 Å². The maximum Gasteiger partial charge on any atom is 0.0780 e. The van der Waals surface area contributed by atoms with Crippen LogP contribution in [0.3, 0.4) is 0 Å². The van der Waals surface area contributed by atoms with Gasteiger partial charge in [0, 0.05) is 13.2 Å². The predicted molar refractivity (Wildman–Crippen MR) is 208 cm³/mol. The number of hydrogen-bond acceptors (Lipinski definition) is 2. The van der Waals surface area contributed by atoms with Crippen molar-refractivity contribution in [2.45, 2.75) is 223 Å². The first-order valence-electron chi connectivity index (χ1n) is 21.3. The molecule has 2 nitrogen and oxygen atoms in total. The fourth-order valence-corrected chi connectivity index (χ4v) is 7.30. The van der Waals surface area contributed by atoms with E-state index in [4.69, 9.17) is 9.47 Å². The molecule has 0 aliphatic carbocycles. The van der Waals surface area contributed by atoms with Gasteiger partial charge in [-0.25, -0.2) is 0 Å². The van der Waals surface area contributed by atoms with E-state index in [1.54, 1.807) is 0 Å². The third kappa shape index (κ3) is 31.2. The number of ether oxygens (including phenoxy) is 2. The van der Waals surface area contributed by atoms with Crippen molar-refractivity contribution in [2.75, 3.05) is 19.8 Å². The van der Waals surface area contributed by atoms with E-state index >= 15 is 0 Å². The first-order valence-corrected chi connectivity index (χ1v) is 21.3. The van der Waals surface area contributed by atoms with Crippen LogP contribution >= 0.6 is 0 Å². The van der Waals surface area contributed by atoms with Crippen LogP contribution < -0.4 is 0 Å². The van der Waals surface area contributed by atoms with Gasteiger partial charge in [0.15, 0.2) is 0 Å². The van der Waals surface area contributed by atoms with E-state index in [1.165, 1.54) is 141 Å². The molecule has 0 aromatic carbocycles. The van der Waals surface area contributed by atoms with E-state index in [2.05, 4.69) is 69.2 Å². The highest BCUT2D eigenvalue weighted by atomic mass is 16.5. The zero-order valence-electron chi connectivity index (χ0n) is 33.8. The van der Waals surface area contributed by atoms with Gasteiger partial charge in [-0.05, 0) is 61.2 Å². The molecule has 0 aromatic heterocycles. The lowest BCUT2D eigenvalue weighted by molar-refractivity contribution is -0.00904. The Labute approximate surface area is 293 Å². The SMILES string of the molecule is CCCCCC(C)CCCC(C)CCCC(C)CCC(C)CCCC(C)CCCC(C)CCCC(C)CCOCC(C)OCCC. The van der Waals surface area contributed by atoms with Gasteiger partial charge in [-0.15, -0.1) is 0 Å². The summed E-state index contributed by atoms with van der Waals surface area (Å²) < 4.78 is 11.5. The third-order valence-corrected chi connectivity index (χ3v) is 11.1. The second-order valence-corrected chi connectivity index (χ2v) is 17.0. The number of unbranched alkanes of at least 4 members (excludes halogenated alkanes) is 2. The van der Waals surface area contributed by atoms with Gasteiger partial charge < -0.3 is 9.47 Å². The lowest BCUT2D eigenvalue weighted by atomic mass is 9.88. The molecule has 0 saturated carbocycles. The molecule has 0 aliphatic heterocycles. The van der Waals surface area contributed by atoms with Gasteiger partial charge in [0.1, 0.15) is 0 Å². The molecule has 8 unspecified atom stereocenters. The Morgan fingerprint density at radius 2 is 0.652 bits per heavy atom. The van der Waals surface area contributed by atoms with Crippen molar-refractivity contribution in [1.82, 2.24) is 0 Å². The second kappa shape index (κ2) is 32.1. The fraction of sp³-hybridized carbons (Fsp3) is 1.00. The molecular weight excluding hydrogens is 560 g/mol. The van der Waals surface area contributed by atoms with E-state index in [9.17, 15) is 0 Å². The van der Waals surface area contributed by atoms with Crippen LogP contribution in [0.4, 0.5) is 0 Å². The van der Waals surface area contributed by atoms with Gasteiger partial charge in [0.05, 0.1) is 12.7 Å². The molecule has 46 heavy (non-hydrogen) atoms. The summed E-state index contributed by atoms with van der Waals surface area (Å²) in [6.45, 7) is 26.4. The zero-order valence-corrected chi connectivity index (χ0v) is 33.8. The van der Waals surface area contributed by atoms with Crippen molar-refractivity contribution < 1.29 is 9.47 Å². The van der Waals surface area contributed by atoms with Crippen LogP contribution in [-0.2, 0) is 9.47 Å². The molecule has 0 radical (unpaired) electrons. The molecule has 0 saturated heterocycles. The molecule has 0 fully saturated rings. The van der Waals surface area contributed by atoms with Crippen molar-refractivity contribution in [3.05, 3.63) is 0 Å². The smallest absolute Gasteiger partial charge is 0.0780 e. The summed E-state index contributed by atoms with van der Waals surface area (Å²) in [4.78, 5) is 0. The van der Waals surface area contributed by atoms with Crippen LogP contribution in [0.1, 0.15) is 217 Å². The summed E-state index contributed by atoms with van der Waals surface area (Å²) in [5.41, 5.74) is 0. The molecular formula is C44H90O2. The van der Waals surface area contributed by atoms with E-state index < -0.39 is 0 Å². The number of hydrogen-bond donors (Lipinski definition) is 0. The van der Waals surface area contributed by atoms with Gasteiger partial charge in [-0.3, -0.25) is 0 Å². The quantitative estimate of drug-likeness (QED) is 0.0635. The molecule has 0 rings (SSSR count). The van der Waals surface area contributed by atoms with Crippen LogP contribution in [0.5, 0.6) is 0 Å². The summed E-state index contributed by atoms with van der Waals surface area (Å²) in [5.74, 6) is 6.24. The van der Waals surface area contributed by atoms with Crippen LogP contribution in [0.15, 0.2) is 0 Å². The Bertz CT molecular complexity index is 605. The topological polar surface area (TPSA) is 18.5 Å². The molecule has 0 aromatic rings. The minimum Gasteiger partial charge on any atom is -0.379 e. The van der Waals surface area contributed by atoms with Gasteiger partial charge >= 0.3 is 0 Å². The maximum absolute atomic E-state index is 5.85. The highest BCUT2D eigenvalue weighted by molar-refractivity contribution is 4.65. The molecule has 8 atom stereocenters. The van der Waals surface area contributed by atoms with Gasteiger partial charge in [-0.2, -0.15) is 0 Å². The average Bonchev–Trinajstić information content (AvgIpc) is 3.01. The van der Waals surface area contributed by atoms with Crippen molar-refractivity contribution in [3.8, 4) is 0 Å². The lowest BCUT2D eigenvalue weighted by Crippen LogP contribution is -2.17.